The number of thioether (sulfide) groups is 1. The summed E-state index contributed by atoms with van der Waals surface area (Å²) in [6.45, 7) is 3.07. The van der Waals surface area contributed by atoms with Gasteiger partial charge in [-0.05, 0) is 19.3 Å². The Balaban J connectivity index is 1.77. The molecule has 0 radical (unpaired) electrons. The molecule has 3 nitrogen and oxygen atoms in total. The first kappa shape index (κ1) is 13.9. The number of rotatable bonds is 6. The molecule has 1 aliphatic rings. The standard InChI is InChI=1S/C14H24N2OS/c1-2-8-16-10-12(9-15-16)14(17)11-18-13-6-4-3-5-7-13/h9-10,13-14,17H,2-8,11H2,1H3. The van der Waals surface area contributed by atoms with Crippen molar-refractivity contribution < 1.29 is 5.11 Å². The van der Waals surface area contributed by atoms with Gasteiger partial charge in [-0.3, -0.25) is 4.68 Å². The van der Waals surface area contributed by atoms with Crippen molar-refractivity contribution in [1.82, 2.24) is 9.78 Å². The fraction of sp³-hybridized carbons (Fsp3) is 0.786. The van der Waals surface area contributed by atoms with Crippen LogP contribution in [0.4, 0.5) is 0 Å². The second kappa shape index (κ2) is 7.19. The van der Waals surface area contributed by atoms with Gasteiger partial charge in [0.1, 0.15) is 0 Å². The van der Waals surface area contributed by atoms with Gasteiger partial charge < -0.3 is 5.11 Å². The van der Waals surface area contributed by atoms with Crippen LogP contribution in [0.3, 0.4) is 0 Å². The Hall–Kier alpha value is -0.480. The third-order valence-electron chi connectivity index (χ3n) is 3.53. The first-order valence-electron chi connectivity index (χ1n) is 7.11. The zero-order valence-electron chi connectivity index (χ0n) is 11.2. The van der Waals surface area contributed by atoms with Crippen molar-refractivity contribution in [3.63, 3.8) is 0 Å². The molecule has 102 valence electrons. The van der Waals surface area contributed by atoms with Crippen LogP contribution >= 0.6 is 11.8 Å². The summed E-state index contributed by atoms with van der Waals surface area (Å²) in [5.41, 5.74) is 0.965. The molecule has 1 N–H and O–H groups in total. The maximum atomic E-state index is 10.2. The lowest BCUT2D eigenvalue weighted by Crippen LogP contribution is -2.11. The van der Waals surface area contributed by atoms with Crippen LogP contribution in [0.15, 0.2) is 12.4 Å². The Morgan fingerprint density at radius 2 is 2.22 bits per heavy atom. The lowest BCUT2D eigenvalue weighted by atomic mass is 10.0. The van der Waals surface area contributed by atoms with E-state index in [0.29, 0.717) is 0 Å². The minimum Gasteiger partial charge on any atom is -0.387 e. The molecule has 0 spiro atoms. The highest BCUT2D eigenvalue weighted by molar-refractivity contribution is 7.99. The van der Waals surface area contributed by atoms with Crippen molar-refractivity contribution in [3.05, 3.63) is 18.0 Å². The molecule has 4 heteroatoms. The van der Waals surface area contributed by atoms with Crippen LogP contribution in [0, 0.1) is 0 Å². The summed E-state index contributed by atoms with van der Waals surface area (Å²) in [5, 5.41) is 15.2. The number of aryl methyl sites for hydroxylation is 1. The molecule has 0 bridgehead atoms. The molecule has 1 aromatic heterocycles. The van der Waals surface area contributed by atoms with Crippen molar-refractivity contribution in [3.8, 4) is 0 Å². The number of nitrogens with zero attached hydrogens (tertiary/aromatic N) is 2. The van der Waals surface area contributed by atoms with Crippen LogP contribution in [0.25, 0.3) is 0 Å². The largest absolute Gasteiger partial charge is 0.387 e. The number of hydrogen-bond donors (Lipinski definition) is 1. The normalized spacial score (nSPS) is 19.0. The predicted octanol–water partition coefficient (Wildman–Crippen LogP) is 3.39. The summed E-state index contributed by atoms with van der Waals surface area (Å²) >= 11 is 1.94. The van der Waals surface area contributed by atoms with Gasteiger partial charge in [0.25, 0.3) is 0 Å². The first-order valence-corrected chi connectivity index (χ1v) is 8.16. The SMILES string of the molecule is CCCn1cc(C(O)CSC2CCCCC2)cn1. The van der Waals surface area contributed by atoms with E-state index < -0.39 is 0 Å². The molecule has 0 saturated heterocycles. The Bertz CT molecular complexity index is 347. The molecule has 1 heterocycles. The maximum absolute atomic E-state index is 10.2. The van der Waals surface area contributed by atoms with Crippen LogP contribution in [-0.2, 0) is 6.54 Å². The van der Waals surface area contributed by atoms with Crippen LogP contribution in [0.5, 0.6) is 0 Å². The van der Waals surface area contributed by atoms with E-state index in [9.17, 15) is 5.11 Å². The van der Waals surface area contributed by atoms with Gasteiger partial charge in [0.05, 0.1) is 12.3 Å². The third-order valence-corrected chi connectivity index (χ3v) is 4.98. The van der Waals surface area contributed by atoms with E-state index in [1.807, 2.05) is 28.8 Å². The fourth-order valence-corrected chi connectivity index (χ4v) is 3.77. The Labute approximate surface area is 114 Å². The molecule has 2 rings (SSSR count). The lowest BCUT2D eigenvalue weighted by molar-refractivity contribution is 0.203. The number of aromatic nitrogens is 2. The van der Waals surface area contributed by atoms with Gasteiger partial charge in [-0.15, -0.1) is 0 Å². The molecule has 1 aromatic rings. The number of aliphatic hydroxyl groups excluding tert-OH is 1. The van der Waals surface area contributed by atoms with E-state index in [-0.39, 0.29) is 6.10 Å². The van der Waals surface area contributed by atoms with Crippen molar-refractivity contribution in [2.24, 2.45) is 0 Å². The van der Waals surface area contributed by atoms with Crippen LogP contribution in [-0.4, -0.2) is 25.9 Å². The van der Waals surface area contributed by atoms with Gasteiger partial charge in [-0.2, -0.15) is 16.9 Å². The molecule has 1 unspecified atom stereocenters. The van der Waals surface area contributed by atoms with Gasteiger partial charge >= 0.3 is 0 Å². The molecule has 1 saturated carbocycles. The van der Waals surface area contributed by atoms with Crippen LogP contribution < -0.4 is 0 Å². The Kier molecular flexibility index (Phi) is 5.57. The quantitative estimate of drug-likeness (QED) is 0.859. The van der Waals surface area contributed by atoms with Gasteiger partial charge in [0.2, 0.25) is 0 Å². The maximum Gasteiger partial charge on any atom is 0.0910 e. The molecular weight excluding hydrogens is 244 g/mol. The summed E-state index contributed by atoms with van der Waals surface area (Å²) in [7, 11) is 0. The summed E-state index contributed by atoms with van der Waals surface area (Å²) in [6, 6.07) is 0. The summed E-state index contributed by atoms with van der Waals surface area (Å²) in [5.74, 6) is 0.808. The molecule has 0 aromatic carbocycles. The number of aliphatic hydroxyl groups is 1. The molecule has 0 aliphatic heterocycles. The smallest absolute Gasteiger partial charge is 0.0910 e. The van der Waals surface area contributed by atoms with Gasteiger partial charge in [0.15, 0.2) is 0 Å². The highest BCUT2D eigenvalue weighted by atomic mass is 32.2. The minimum atomic E-state index is -0.359. The summed E-state index contributed by atoms with van der Waals surface area (Å²) in [6.07, 6.45) is 11.3. The molecule has 1 fully saturated rings. The van der Waals surface area contributed by atoms with Crippen molar-refractivity contribution in [1.29, 1.82) is 0 Å². The number of hydrogen-bond acceptors (Lipinski definition) is 3. The molecule has 1 atom stereocenters. The average Bonchev–Trinajstić information content (AvgIpc) is 2.86. The molecule has 18 heavy (non-hydrogen) atoms. The third kappa shape index (κ3) is 4.02. The highest BCUT2D eigenvalue weighted by Crippen LogP contribution is 2.30. The van der Waals surface area contributed by atoms with E-state index >= 15 is 0 Å². The summed E-state index contributed by atoms with van der Waals surface area (Å²) < 4.78 is 1.92. The summed E-state index contributed by atoms with van der Waals surface area (Å²) in [4.78, 5) is 0. The van der Waals surface area contributed by atoms with E-state index in [1.54, 1.807) is 0 Å². The van der Waals surface area contributed by atoms with Gasteiger partial charge in [-0.1, -0.05) is 26.2 Å². The Morgan fingerprint density at radius 3 is 2.94 bits per heavy atom. The fourth-order valence-electron chi connectivity index (χ4n) is 2.46. The molecule has 1 aliphatic carbocycles. The second-order valence-electron chi connectivity index (χ2n) is 5.15. The Morgan fingerprint density at radius 1 is 1.44 bits per heavy atom. The van der Waals surface area contributed by atoms with Crippen LogP contribution in [0.1, 0.15) is 57.1 Å². The van der Waals surface area contributed by atoms with E-state index in [0.717, 1.165) is 29.5 Å². The van der Waals surface area contributed by atoms with Gasteiger partial charge in [0, 0.05) is 29.3 Å². The van der Waals surface area contributed by atoms with E-state index in [2.05, 4.69) is 12.0 Å². The van der Waals surface area contributed by atoms with Crippen molar-refractivity contribution in [2.75, 3.05) is 5.75 Å². The van der Waals surface area contributed by atoms with E-state index in [1.165, 1.54) is 32.1 Å². The molecular formula is C14H24N2OS. The molecule has 0 amide bonds. The monoisotopic (exact) mass is 268 g/mol. The lowest BCUT2D eigenvalue weighted by Gasteiger charge is -2.21. The average molecular weight is 268 g/mol. The van der Waals surface area contributed by atoms with Crippen molar-refractivity contribution >= 4 is 11.8 Å². The van der Waals surface area contributed by atoms with Crippen LogP contribution in [0.2, 0.25) is 0 Å². The van der Waals surface area contributed by atoms with E-state index in [4.69, 9.17) is 0 Å². The van der Waals surface area contributed by atoms with Crippen molar-refractivity contribution in [2.45, 2.75) is 63.3 Å². The second-order valence-corrected chi connectivity index (χ2v) is 6.48. The highest BCUT2D eigenvalue weighted by Gasteiger charge is 2.17. The predicted molar refractivity (Wildman–Crippen MR) is 76.8 cm³/mol. The zero-order chi connectivity index (χ0) is 12.8. The zero-order valence-corrected chi connectivity index (χ0v) is 12.0. The first-order chi connectivity index (χ1) is 8.79. The van der Waals surface area contributed by atoms with Gasteiger partial charge in [-0.25, -0.2) is 0 Å². The minimum absolute atomic E-state index is 0.359. The topological polar surface area (TPSA) is 38.0 Å².